The van der Waals surface area contributed by atoms with Crippen molar-refractivity contribution in [2.24, 2.45) is 5.92 Å². The standard InChI is InChI=1S/C17H19N5O2/c1-10(23)21-6-11-2-13(8-21)15-3-12(4-17(24)22(15)7-11)14-5-16(18)20-9-19-14/h3-5,9,11,13H,2,6-8H2,1H3,(H2,18,19,20)/t11-,13+/m0/s1. The summed E-state index contributed by atoms with van der Waals surface area (Å²) in [7, 11) is 0. The molecule has 7 nitrogen and oxygen atoms in total. The number of aromatic nitrogens is 3. The van der Waals surface area contributed by atoms with Gasteiger partial charge in [0.15, 0.2) is 0 Å². The van der Waals surface area contributed by atoms with Gasteiger partial charge in [-0.15, -0.1) is 0 Å². The molecule has 0 saturated carbocycles. The summed E-state index contributed by atoms with van der Waals surface area (Å²) in [4.78, 5) is 34.4. The van der Waals surface area contributed by atoms with Gasteiger partial charge in [-0.3, -0.25) is 9.59 Å². The number of likely N-dealkylation sites (tertiary alicyclic amines) is 1. The summed E-state index contributed by atoms with van der Waals surface area (Å²) in [6.07, 6.45) is 2.41. The lowest BCUT2D eigenvalue weighted by Crippen LogP contribution is -2.48. The van der Waals surface area contributed by atoms with E-state index in [2.05, 4.69) is 9.97 Å². The Morgan fingerprint density at radius 2 is 2.04 bits per heavy atom. The number of carbonyl (C=O) groups is 1. The molecule has 1 amide bonds. The van der Waals surface area contributed by atoms with Crippen LogP contribution in [-0.4, -0.2) is 38.4 Å². The van der Waals surface area contributed by atoms with Crippen LogP contribution in [-0.2, 0) is 11.3 Å². The zero-order chi connectivity index (χ0) is 16.8. The van der Waals surface area contributed by atoms with Crippen LogP contribution in [0.2, 0.25) is 0 Å². The molecule has 2 aliphatic heterocycles. The SMILES string of the molecule is CC(=O)N1C[C@@H]2C[C@H](C1)c1cc(-c3cc(N)ncn3)cc(=O)n1C2. The summed E-state index contributed by atoms with van der Waals surface area (Å²) in [6.45, 7) is 3.68. The van der Waals surface area contributed by atoms with E-state index in [0.29, 0.717) is 30.5 Å². The largest absolute Gasteiger partial charge is 0.384 e. The van der Waals surface area contributed by atoms with Gasteiger partial charge in [0, 0.05) is 55.9 Å². The predicted molar refractivity (Wildman–Crippen MR) is 89.2 cm³/mol. The van der Waals surface area contributed by atoms with E-state index in [1.165, 1.54) is 6.33 Å². The Hall–Kier alpha value is -2.70. The van der Waals surface area contributed by atoms with Gasteiger partial charge < -0.3 is 15.2 Å². The second-order valence-electron chi connectivity index (χ2n) is 6.67. The average molecular weight is 325 g/mol. The molecule has 24 heavy (non-hydrogen) atoms. The van der Waals surface area contributed by atoms with E-state index in [0.717, 1.165) is 24.2 Å². The third kappa shape index (κ3) is 2.46. The molecule has 0 radical (unpaired) electrons. The summed E-state index contributed by atoms with van der Waals surface area (Å²) < 4.78 is 1.85. The molecule has 2 atom stereocenters. The van der Waals surface area contributed by atoms with Gasteiger partial charge in [0.2, 0.25) is 5.91 Å². The van der Waals surface area contributed by atoms with Crippen molar-refractivity contribution in [3.63, 3.8) is 0 Å². The fourth-order valence-corrected chi connectivity index (χ4v) is 3.89. The molecule has 0 aliphatic carbocycles. The van der Waals surface area contributed by atoms with Crippen LogP contribution in [0.4, 0.5) is 5.82 Å². The molecule has 4 rings (SSSR count). The molecule has 124 valence electrons. The molecular weight excluding hydrogens is 306 g/mol. The topological polar surface area (TPSA) is 94.1 Å². The van der Waals surface area contributed by atoms with E-state index in [1.807, 2.05) is 15.5 Å². The van der Waals surface area contributed by atoms with Crippen LogP contribution in [0.5, 0.6) is 0 Å². The van der Waals surface area contributed by atoms with Gasteiger partial charge in [0.25, 0.3) is 5.56 Å². The van der Waals surface area contributed by atoms with Crippen molar-refractivity contribution in [2.45, 2.75) is 25.8 Å². The van der Waals surface area contributed by atoms with Gasteiger partial charge in [-0.05, 0) is 18.4 Å². The molecule has 0 spiro atoms. The Balaban J connectivity index is 1.79. The summed E-state index contributed by atoms with van der Waals surface area (Å²) in [5.41, 5.74) is 8.08. The molecule has 7 heteroatoms. The maximum Gasteiger partial charge on any atom is 0.251 e. The van der Waals surface area contributed by atoms with Crippen molar-refractivity contribution in [1.29, 1.82) is 0 Å². The summed E-state index contributed by atoms with van der Waals surface area (Å²) in [5.74, 6) is 1.00. The zero-order valence-electron chi connectivity index (χ0n) is 13.5. The van der Waals surface area contributed by atoms with Crippen LogP contribution >= 0.6 is 0 Å². The first-order valence-electron chi connectivity index (χ1n) is 8.09. The van der Waals surface area contributed by atoms with E-state index in [9.17, 15) is 9.59 Å². The van der Waals surface area contributed by atoms with Crippen LogP contribution in [0, 0.1) is 5.92 Å². The minimum absolute atomic E-state index is 0.0225. The number of nitrogens with zero attached hydrogens (tertiary/aromatic N) is 4. The molecule has 4 heterocycles. The van der Waals surface area contributed by atoms with E-state index in [1.54, 1.807) is 19.1 Å². The number of hydrogen-bond donors (Lipinski definition) is 1. The highest BCUT2D eigenvalue weighted by Gasteiger charge is 2.35. The Kier molecular flexibility index (Phi) is 3.37. The van der Waals surface area contributed by atoms with Gasteiger partial charge >= 0.3 is 0 Å². The van der Waals surface area contributed by atoms with E-state index in [-0.39, 0.29) is 17.4 Å². The first-order chi connectivity index (χ1) is 11.5. The van der Waals surface area contributed by atoms with Crippen LogP contribution in [0.1, 0.15) is 25.0 Å². The normalized spacial score (nSPS) is 22.1. The fourth-order valence-electron chi connectivity index (χ4n) is 3.89. The van der Waals surface area contributed by atoms with Crippen molar-refractivity contribution in [2.75, 3.05) is 18.8 Å². The smallest absolute Gasteiger partial charge is 0.251 e. The third-order valence-electron chi connectivity index (χ3n) is 4.99. The molecule has 1 saturated heterocycles. The number of hydrogen-bond acceptors (Lipinski definition) is 5. The Morgan fingerprint density at radius 1 is 1.21 bits per heavy atom. The van der Waals surface area contributed by atoms with Gasteiger partial charge in [0.05, 0.1) is 5.69 Å². The Labute approximate surface area is 139 Å². The van der Waals surface area contributed by atoms with Gasteiger partial charge in [-0.25, -0.2) is 9.97 Å². The van der Waals surface area contributed by atoms with Crippen molar-refractivity contribution < 1.29 is 4.79 Å². The highest BCUT2D eigenvalue weighted by molar-refractivity contribution is 5.73. The van der Waals surface area contributed by atoms with Gasteiger partial charge in [0.1, 0.15) is 12.1 Å². The fraction of sp³-hybridized carbons (Fsp3) is 0.412. The van der Waals surface area contributed by atoms with Crippen molar-refractivity contribution >= 4 is 11.7 Å². The van der Waals surface area contributed by atoms with Gasteiger partial charge in [-0.2, -0.15) is 0 Å². The molecule has 1 fully saturated rings. The zero-order valence-corrected chi connectivity index (χ0v) is 13.5. The number of fused-ring (bicyclic) bond motifs is 4. The molecule has 2 aromatic rings. The number of piperidine rings is 1. The lowest BCUT2D eigenvalue weighted by atomic mass is 9.82. The number of anilines is 1. The first kappa shape index (κ1) is 14.9. The molecule has 0 unspecified atom stereocenters. The second kappa shape index (κ2) is 5.43. The number of nitrogen functional groups attached to an aromatic ring is 1. The lowest BCUT2D eigenvalue weighted by Gasteiger charge is -2.42. The van der Waals surface area contributed by atoms with Crippen LogP contribution in [0.15, 0.2) is 29.3 Å². The number of nitrogens with two attached hydrogens (primary N) is 1. The van der Waals surface area contributed by atoms with Crippen molar-refractivity contribution in [3.05, 3.63) is 40.6 Å². The maximum absolute atomic E-state index is 12.6. The molecule has 2 aromatic heterocycles. The minimum Gasteiger partial charge on any atom is -0.384 e. The van der Waals surface area contributed by atoms with E-state index >= 15 is 0 Å². The minimum atomic E-state index is -0.0225. The number of amides is 1. The lowest BCUT2D eigenvalue weighted by molar-refractivity contribution is -0.131. The average Bonchev–Trinajstić information content (AvgIpc) is 2.55. The predicted octanol–water partition coefficient (Wildman–Crippen LogP) is 0.853. The highest BCUT2D eigenvalue weighted by Crippen LogP contribution is 2.36. The Morgan fingerprint density at radius 3 is 2.79 bits per heavy atom. The van der Waals surface area contributed by atoms with Gasteiger partial charge in [-0.1, -0.05) is 0 Å². The van der Waals surface area contributed by atoms with Crippen molar-refractivity contribution in [3.8, 4) is 11.3 Å². The highest BCUT2D eigenvalue weighted by atomic mass is 16.2. The van der Waals surface area contributed by atoms with E-state index < -0.39 is 0 Å². The van der Waals surface area contributed by atoms with Crippen LogP contribution < -0.4 is 11.3 Å². The van der Waals surface area contributed by atoms with Crippen LogP contribution in [0.3, 0.4) is 0 Å². The summed E-state index contributed by atoms with van der Waals surface area (Å²) >= 11 is 0. The molecule has 2 bridgehead atoms. The van der Waals surface area contributed by atoms with Crippen molar-refractivity contribution in [1.82, 2.24) is 19.4 Å². The summed E-state index contributed by atoms with van der Waals surface area (Å²) in [6, 6.07) is 5.28. The van der Waals surface area contributed by atoms with E-state index in [4.69, 9.17) is 5.73 Å². The monoisotopic (exact) mass is 325 g/mol. The second-order valence-corrected chi connectivity index (χ2v) is 6.67. The van der Waals surface area contributed by atoms with Crippen LogP contribution in [0.25, 0.3) is 11.3 Å². The molecule has 0 aromatic carbocycles. The number of rotatable bonds is 1. The molecular formula is C17H19N5O2. The first-order valence-corrected chi connectivity index (χ1v) is 8.09. The summed E-state index contributed by atoms with van der Waals surface area (Å²) in [5, 5.41) is 0. The number of carbonyl (C=O) groups excluding carboxylic acids is 1. The molecule has 2 N–H and O–H groups in total. The quantitative estimate of drug-likeness (QED) is 0.839. The molecule has 2 aliphatic rings. The number of pyridine rings is 1. The third-order valence-corrected chi connectivity index (χ3v) is 4.99. The Bertz CT molecular complexity index is 876. The maximum atomic E-state index is 12.6.